The monoisotopic (exact) mass is 185 g/mol. The van der Waals surface area contributed by atoms with Crippen molar-refractivity contribution in [3.05, 3.63) is 28.9 Å². The maximum atomic E-state index is 13.1. The molecule has 0 N–H and O–H groups in total. The molecule has 0 saturated heterocycles. The van der Waals surface area contributed by atoms with Crippen LogP contribution < -0.4 is 0 Å². The Morgan fingerprint density at radius 3 is 3.08 bits per heavy atom. The molecule has 0 aliphatic carbocycles. The Morgan fingerprint density at radius 1 is 1.58 bits per heavy atom. The number of aromatic nitrogens is 3. The summed E-state index contributed by atoms with van der Waals surface area (Å²) in [6, 6.07) is 1.21. The topological polar surface area (TPSA) is 30.2 Å². The predicted octanol–water partition coefficient (Wildman–Crippen LogP) is 1.83. The van der Waals surface area contributed by atoms with Crippen LogP contribution in [0.5, 0.6) is 0 Å². The van der Waals surface area contributed by atoms with Gasteiger partial charge in [0.05, 0.1) is 5.02 Å². The van der Waals surface area contributed by atoms with Crippen molar-refractivity contribution in [2.45, 2.75) is 6.92 Å². The van der Waals surface area contributed by atoms with E-state index in [9.17, 15) is 4.39 Å². The Labute approximate surface area is 72.8 Å². The largest absolute Gasteiger partial charge is 0.217 e. The molecule has 0 unspecified atom stereocenters. The molecule has 0 spiro atoms. The maximum absolute atomic E-state index is 13.1. The average Bonchev–Trinajstić information content (AvgIpc) is 2.29. The Morgan fingerprint density at radius 2 is 2.33 bits per heavy atom. The lowest BCUT2D eigenvalue weighted by Crippen LogP contribution is -1.89. The highest BCUT2D eigenvalue weighted by molar-refractivity contribution is 6.30. The summed E-state index contributed by atoms with van der Waals surface area (Å²) < 4.78 is 14.4. The number of hydrogen-bond donors (Lipinski definition) is 0. The van der Waals surface area contributed by atoms with Gasteiger partial charge in [-0.2, -0.15) is 5.10 Å². The van der Waals surface area contributed by atoms with Crippen LogP contribution >= 0.6 is 11.6 Å². The second-order valence-corrected chi connectivity index (χ2v) is 2.87. The zero-order valence-electron chi connectivity index (χ0n) is 6.25. The highest BCUT2D eigenvalue weighted by atomic mass is 35.5. The third kappa shape index (κ3) is 1.04. The van der Waals surface area contributed by atoms with Crippen LogP contribution in [-0.4, -0.2) is 14.6 Å². The summed E-state index contributed by atoms with van der Waals surface area (Å²) in [6.07, 6.45) is 1.51. The van der Waals surface area contributed by atoms with Crippen molar-refractivity contribution in [3.8, 4) is 0 Å². The van der Waals surface area contributed by atoms with Crippen molar-refractivity contribution in [3.63, 3.8) is 0 Å². The number of hydrogen-bond acceptors (Lipinski definition) is 2. The number of aryl methyl sites for hydroxylation is 1. The van der Waals surface area contributed by atoms with Crippen LogP contribution in [0.25, 0.3) is 5.65 Å². The van der Waals surface area contributed by atoms with Gasteiger partial charge in [0.25, 0.3) is 0 Å². The van der Waals surface area contributed by atoms with Crippen molar-refractivity contribution >= 4 is 17.2 Å². The van der Waals surface area contributed by atoms with Crippen molar-refractivity contribution in [2.75, 3.05) is 0 Å². The smallest absolute Gasteiger partial charge is 0.191 e. The van der Waals surface area contributed by atoms with E-state index < -0.39 is 5.82 Å². The predicted molar refractivity (Wildman–Crippen MR) is 42.7 cm³/mol. The molecule has 0 radical (unpaired) electrons. The SMILES string of the molecule is Cc1nc2c(F)cc(Cl)cn2n1. The van der Waals surface area contributed by atoms with Gasteiger partial charge in [0.15, 0.2) is 11.5 Å². The first-order valence-electron chi connectivity index (χ1n) is 3.35. The summed E-state index contributed by atoms with van der Waals surface area (Å²) in [6.45, 7) is 1.69. The van der Waals surface area contributed by atoms with Gasteiger partial charge in [-0.3, -0.25) is 0 Å². The molecule has 62 valence electrons. The standard InChI is InChI=1S/C7H5ClFN3/c1-4-10-7-6(9)2-5(8)3-12(7)11-4/h2-3H,1H3. The molecule has 0 bridgehead atoms. The molecular formula is C7H5ClFN3. The zero-order chi connectivity index (χ0) is 8.72. The van der Waals surface area contributed by atoms with Gasteiger partial charge in [0, 0.05) is 6.20 Å². The Hall–Kier alpha value is -1.16. The lowest BCUT2D eigenvalue weighted by atomic mass is 10.4. The van der Waals surface area contributed by atoms with E-state index in [0.29, 0.717) is 10.8 Å². The van der Waals surface area contributed by atoms with E-state index >= 15 is 0 Å². The van der Waals surface area contributed by atoms with Crippen molar-refractivity contribution in [1.29, 1.82) is 0 Å². The Kier molecular flexibility index (Phi) is 1.51. The molecule has 2 rings (SSSR count). The number of halogens is 2. The van der Waals surface area contributed by atoms with E-state index in [1.807, 2.05) is 0 Å². The minimum Gasteiger partial charge on any atom is -0.217 e. The number of fused-ring (bicyclic) bond motifs is 1. The minimum atomic E-state index is -0.455. The van der Waals surface area contributed by atoms with Crippen molar-refractivity contribution in [1.82, 2.24) is 14.6 Å². The second-order valence-electron chi connectivity index (χ2n) is 2.43. The average molecular weight is 186 g/mol. The summed E-state index contributed by atoms with van der Waals surface area (Å²) in [5.41, 5.74) is 0.205. The first-order chi connectivity index (χ1) is 5.66. The fourth-order valence-electron chi connectivity index (χ4n) is 1.02. The van der Waals surface area contributed by atoms with Gasteiger partial charge in [-0.1, -0.05) is 11.6 Å². The van der Waals surface area contributed by atoms with E-state index in [2.05, 4.69) is 10.1 Å². The van der Waals surface area contributed by atoms with Gasteiger partial charge in [-0.25, -0.2) is 13.9 Å². The molecule has 2 aromatic heterocycles. The highest BCUT2D eigenvalue weighted by Crippen LogP contribution is 2.13. The van der Waals surface area contributed by atoms with Gasteiger partial charge >= 0.3 is 0 Å². The van der Waals surface area contributed by atoms with Crippen LogP contribution in [0.4, 0.5) is 4.39 Å². The first-order valence-corrected chi connectivity index (χ1v) is 3.72. The van der Waals surface area contributed by atoms with Crippen molar-refractivity contribution in [2.24, 2.45) is 0 Å². The fraction of sp³-hybridized carbons (Fsp3) is 0.143. The van der Waals surface area contributed by atoms with E-state index in [-0.39, 0.29) is 5.65 Å². The molecule has 0 aliphatic heterocycles. The Balaban J connectivity index is 2.88. The van der Waals surface area contributed by atoms with E-state index in [1.54, 1.807) is 6.92 Å². The molecule has 2 aromatic rings. The van der Waals surface area contributed by atoms with Crippen molar-refractivity contribution < 1.29 is 4.39 Å². The van der Waals surface area contributed by atoms with Crippen LogP contribution in [0, 0.1) is 12.7 Å². The highest BCUT2D eigenvalue weighted by Gasteiger charge is 2.06. The molecule has 0 aromatic carbocycles. The van der Waals surface area contributed by atoms with E-state index in [4.69, 9.17) is 11.6 Å². The molecule has 0 saturated carbocycles. The van der Waals surface area contributed by atoms with E-state index in [1.165, 1.54) is 16.8 Å². The fourth-order valence-corrected chi connectivity index (χ4v) is 1.21. The quantitative estimate of drug-likeness (QED) is 0.627. The van der Waals surface area contributed by atoms with Gasteiger partial charge in [0.2, 0.25) is 0 Å². The van der Waals surface area contributed by atoms with E-state index in [0.717, 1.165) is 0 Å². The molecule has 0 atom stereocenters. The normalized spacial score (nSPS) is 10.9. The molecule has 0 fully saturated rings. The molecular weight excluding hydrogens is 181 g/mol. The summed E-state index contributed by atoms with van der Waals surface area (Å²) in [7, 11) is 0. The van der Waals surface area contributed by atoms with Gasteiger partial charge in [-0.15, -0.1) is 0 Å². The summed E-state index contributed by atoms with van der Waals surface area (Å²) in [4.78, 5) is 3.87. The van der Waals surface area contributed by atoms with Crippen LogP contribution in [0.2, 0.25) is 5.02 Å². The summed E-state index contributed by atoms with van der Waals surface area (Å²) in [5, 5.41) is 4.23. The molecule has 12 heavy (non-hydrogen) atoms. The number of nitrogens with zero attached hydrogens (tertiary/aromatic N) is 3. The summed E-state index contributed by atoms with van der Waals surface area (Å²) >= 11 is 5.60. The van der Waals surface area contributed by atoms with Gasteiger partial charge < -0.3 is 0 Å². The number of rotatable bonds is 0. The van der Waals surface area contributed by atoms with Crippen LogP contribution in [0.15, 0.2) is 12.3 Å². The number of pyridine rings is 1. The lowest BCUT2D eigenvalue weighted by Gasteiger charge is -1.93. The maximum Gasteiger partial charge on any atom is 0.191 e. The van der Waals surface area contributed by atoms with Gasteiger partial charge in [0.1, 0.15) is 5.82 Å². The van der Waals surface area contributed by atoms with Crippen LogP contribution in [0.1, 0.15) is 5.82 Å². The molecule has 2 heterocycles. The second kappa shape index (κ2) is 2.42. The molecule has 5 heteroatoms. The third-order valence-corrected chi connectivity index (χ3v) is 1.67. The molecule has 0 aliphatic rings. The van der Waals surface area contributed by atoms with Gasteiger partial charge in [-0.05, 0) is 13.0 Å². The summed E-state index contributed by atoms with van der Waals surface area (Å²) in [5.74, 6) is 0.0688. The minimum absolute atomic E-state index is 0.205. The lowest BCUT2D eigenvalue weighted by molar-refractivity contribution is 0.627. The molecule has 0 amide bonds. The van der Waals surface area contributed by atoms with Crippen LogP contribution in [-0.2, 0) is 0 Å². The first kappa shape index (κ1) is 7.49. The van der Waals surface area contributed by atoms with Crippen LogP contribution in [0.3, 0.4) is 0 Å². The zero-order valence-corrected chi connectivity index (χ0v) is 7.01. The Bertz CT molecular complexity index is 437. The molecule has 3 nitrogen and oxygen atoms in total. The third-order valence-electron chi connectivity index (χ3n) is 1.46.